The monoisotopic (exact) mass is 265 g/mol. The number of hydrogen-bond donors (Lipinski definition) is 2. The van der Waals surface area contributed by atoms with Crippen molar-refractivity contribution in [2.24, 2.45) is 0 Å². The van der Waals surface area contributed by atoms with Gasteiger partial charge >= 0.3 is 5.97 Å². The molecule has 0 spiro atoms. The van der Waals surface area contributed by atoms with E-state index in [1.54, 1.807) is 0 Å². The molecular weight excluding hydrogens is 257 g/mol. The van der Waals surface area contributed by atoms with Crippen molar-refractivity contribution in [2.75, 3.05) is 5.32 Å². The molecule has 0 aliphatic rings. The number of carboxylic acid groups (broad SMARTS) is 1. The molecule has 0 saturated carbocycles. The van der Waals surface area contributed by atoms with Crippen LogP contribution >= 0.6 is 0 Å². The Labute approximate surface area is 105 Å². The highest BCUT2D eigenvalue weighted by Gasteiger charge is 2.11. The molecule has 2 aromatic heterocycles. The largest absolute Gasteiger partial charge is 0.476 e. The zero-order valence-corrected chi connectivity index (χ0v) is 9.45. The molecule has 2 N–H and O–H groups in total. The fourth-order valence-electron chi connectivity index (χ4n) is 1.25. The van der Waals surface area contributed by atoms with E-state index in [-0.39, 0.29) is 18.1 Å². The highest BCUT2D eigenvalue weighted by molar-refractivity contribution is 5.89. The van der Waals surface area contributed by atoms with Crippen molar-refractivity contribution < 1.29 is 19.1 Å². The van der Waals surface area contributed by atoms with Crippen LogP contribution in [0, 0.1) is 5.82 Å². The summed E-state index contributed by atoms with van der Waals surface area (Å²) in [5.74, 6) is -2.04. The van der Waals surface area contributed by atoms with Gasteiger partial charge in [-0.15, -0.1) is 5.10 Å². The van der Waals surface area contributed by atoms with E-state index in [2.05, 4.69) is 20.6 Å². The fourth-order valence-corrected chi connectivity index (χ4v) is 1.25. The first-order chi connectivity index (χ1) is 9.04. The van der Waals surface area contributed by atoms with Crippen LogP contribution in [0.4, 0.5) is 10.2 Å². The first kappa shape index (κ1) is 12.6. The maximum absolute atomic E-state index is 12.6. The molecule has 0 aliphatic heterocycles. The molecule has 0 atom stereocenters. The molecule has 2 heterocycles. The Morgan fingerprint density at radius 3 is 2.79 bits per heavy atom. The molecule has 2 rings (SSSR count). The molecule has 19 heavy (non-hydrogen) atoms. The fraction of sp³-hybridized carbons (Fsp3) is 0.100. The Kier molecular flexibility index (Phi) is 3.46. The molecule has 9 heteroatoms. The smallest absolute Gasteiger partial charge is 0.358 e. The van der Waals surface area contributed by atoms with Gasteiger partial charge in [0, 0.05) is 0 Å². The molecule has 98 valence electrons. The molecule has 0 saturated heterocycles. The van der Waals surface area contributed by atoms with E-state index in [9.17, 15) is 14.0 Å². The number of halogens is 1. The normalized spacial score (nSPS) is 10.2. The van der Waals surface area contributed by atoms with Crippen LogP contribution < -0.4 is 5.32 Å². The first-order valence-corrected chi connectivity index (χ1v) is 5.09. The summed E-state index contributed by atoms with van der Waals surface area (Å²) < 4.78 is 13.7. The molecule has 0 aromatic carbocycles. The van der Waals surface area contributed by atoms with Crippen LogP contribution in [-0.2, 0) is 11.3 Å². The van der Waals surface area contributed by atoms with Gasteiger partial charge in [-0.25, -0.2) is 18.9 Å². The first-order valence-electron chi connectivity index (χ1n) is 5.09. The van der Waals surface area contributed by atoms with Crippen molar-refractivity contribution in [1.29, 1.82) is 0 Å². The zero-order valence-electron chi connectivity index (χ0n) is 9.45. The quantitative estimate of drug-likeness (QED) is 0.814. The lowest BCUT2D eigenvalue weighted by atomic mass is 10.4. The van der Waals surface area contributed by atoms with Gasteiger partial charge in [0.05, 0.1) is 12.4 Å². The van der Waals surface area contributed by atoms with Crippen LogP contribution in [0.15, 0.2) is 24.5 Å². The van der Waals surface area contributed by atoms with Crippen molar-refractivity contribution in [1.82, 2.24) is 20.0 Å². The topological polar surface area (TPSA) is 110 Å². The number of rotatable bonds is 4. The second kappa shape index (κ2) is 5.21. The number of carbonyl (C=O) groups excluding carboxylic acids is 1. The van der Waals surface area contributed by atoms with Gasteiger partial charge in [-0.1, -0.05) is 5.21 Å². The number of aromatic nitrogens is 4. The third-order valence-electron chi connectivity index (χ3n) is 2.06. The second-order valence-corrected chi connectivity index (χ2v) is 3.52. The summed E-state index contributed by atoms with van der Waals surface area (Å²) in [4.78, 5) is 25.8. The highest BCUT2D eigenvalue weighted by Crippen LogP contribution is 2.03. The average Bonchev–Trinajstić information content (AvgIpc) is 2.80. The van der Waals surface area contributed by atoms with Gasteiger partial charge < -0.3 is 10.4 Å². The van der Waals surface area contributed by atoms with Gasteiger partial charge in [0.15, 0.2) is 5.69 Å². The van der Waals surface area contributed by atoms with Gasteiger partial charge in [0.25, 0.3) is 0 Å². The number of hydrogen-bond acceptors (Lipinski definition) is 5. The standard InChI is InChI=1S/C10H8FN5O3/c11-6-1-2-8(12-3-6)13-9(17)5-16-4-7(10(18)19)14-15-16/h1-4H,5H2,(H,18,19)(H,12,13,17). The van der Waals surface area contributed by atoms with Crippen molar-refractivity contribution in [3.8, 4) is 0 Å². The third-order valence-corrected chi connectivity index (χ3v) is 2.06. The summed E-state index contributed by atoms with van der Waals surface area (Å²) in [6.45, 7) is -0.223. The van der Waals surface area contributed by atoms with Crippen LogP contribution in [0.1, 0.15) is 10.5 Å². The van der Waals surface area contributed by atoms with E-state index >= 15 is 0 Å². The predicted molar refractivity (Wildman–Crippen MR) is 59.8 cm³/mol. The number of nitrogens with one attached hydrogen (secondary N) is 1. The summed E-state index contributed by atoms with van der Waals surface area (Å²) in [7, 11) is 0. The van der Waals surface area contributed by atoms with Crippen LogP contribution in [-0.4, -0.2) is 37.0 Å². The van der Waals surface area contributed by atoms with Crippen molar-refractivity contribution in [3.63, 3.8) is 0 Å². The second-order valence-electron chi connectivity index (χ2n) is 3.52. The zero-order chi connectivity index (χ0) is 13.8. The molecule has 0 radical (unpaired) electrons. The van der Waals surface area contributed by atoms with Crippen LogP contribution in [0.25, 0.3) is 0 Å². The van der Waals surface area contributed by atoms with Gasteiger partial charge in [0.1, 0.15) is 18.2 Å². The summed E-state index contributed by atoms with van der Waals surface area (Å²) >= 11 is 0. The maximum Gasteiger partial charge on any atom is 0.358 e. The minimum absolute atomic E-state index is 0.185. The average molecular weight is 265 g/mol. The maximum atomic E-state index is 12.6. The minimum Gasteiger partial charge on any atom is -0.476 e. The van der Waals surface area contributed by atoms with Crippen molar-refractivity contribution in [2.45, 2.75) is 6.54 Å². The van der Waals surface area contributed by atoms with Gasteiger partial charge in [-0.05, 0) is 12.1 Å². The summed E-state index contributed by atoms with van der Waals surface area (Å²) in [5, 5.41) is 17.9. The number of nitrogens with zero attached hydrogens (tertiary/aromatic N) is 4. The number of anilines is 1. The molecule has 0 fully saturated rings. The number of carbonyl (C=O) groups is 2. The Morgan fingerprint density at radius 1 is 1.42 bits per heavy atom. The van der Waals surface area contributed by atoms with E-state index in [0.717, 1.165) is 23.1 Å². The SMILES string of the molecule is O=C(Cn1cc(C(=O)O)nn1)Nc1ccc(F)cn1. The summed E-state index contributed by atoms with van der Waals surface area (Å²) in [6, 6.07) is 2.46. The Hall–Kier alpha value is -2.84. The summed E-state index contributed by atoms with van der Waals surface area (Å²) in [6.07, 6.45) is 2.09. The lowest BCUT2D eigenvalue weighted by Crippen LogP contribution is -2.19. The lowest BCUT2D eigenvalue weighted by Gasteiger charge is -2.03. The predicted octanol–water partition coefficient (Wildman–Crippen LogP) is 0.149. The van der Waals surface area contributed by atoms with Crippen LogP contribution in [0.5, 0.6) is 0 Å². The van der Waals surface area contributed by atoms with Crippen molar-refractivity contribution in [3.05, 3.63) is 36.0 Å². The third kappa shape index (κ3) is 3.31. The van der Waals surface area contributed by atoms with Gasteiger partial charge in [-0.2, -0.15) is 0 Å². The minimum atomic E-state index is -1.23. The van der Waals surface area contributed by atoms with Crippen LogP contribution in [0.3, 0.4) is 0 Å². The molecule has 2 aromatic rings. The molecule has 8 nitrogen and oxygen atoms in total. The van der Waals surface area contributed by atoms with Crippen LogP contribution in [0.2, 0.25) is 0 Å². The molecule has 1 amide bonds. The highest BCUT2D eigenvalue weighted by atomic mass is 19.1. The molecule has 0 bridgehead atoms. The Bertz CT molecular complexity index is 610. The number of amides is 1. The number of aromatic carboxylic acids is 1. The van der Waals surface area contributed by atoms with E-state index < -0.39 is 17.7 Å². The Morgan fingerprint density at radius 2 is 2.21 bits per heavy atom. The lowest BCUT2D eigenvalue weighted by molar-refractivity contribution is -0.117. The number of carboxylic acids is 1. The van der Waals surface area contributed by atoms with E-state index in [1.165, 1.54) is 6.07 Å². The number of pyridine rings is 1. The Balaban J connectivity index is 1.97. The van der Waals surface area contributed by atoms with E-state index in [1.807, 2.05) is 0 Å². The van der Waals surface area contributed by atoms with Gasteiger partial charge in [0.2, 0.25) is 5.91 Å². The van der Waals surface area contributed by atoms with E-state index in [0.29, 0.717) is 0 Å². The van der Waals surface area contributed by atoms with E-state index in [4.69, 9.17) is 5.11 Å². The van der Waals surface area contributed by atoms with Crippen molar-refractivity contribution >= 4 is 17.7 Å². The molecular formula is C10H8FN5O3. The molecule has 0 unspecified atom stereocenters. The summed E-state index contributed by atoms with van der Waals surface area (Å²) in [5.41, 5.74) is -0.257. The molecule has 0 aliphatic carbocycles. The van der Waals surface area contributed by atoms with Gasteiger partial charge in [-0.3, -0.25) is 4.79 Å².